The van der Waals surface area contributed by atoms with Crippen LogP contribution in [0.15, 0.2) is 24.3 Å². The lowest BCUT2D eigenvalue weighted by Gasteiger charge is -2.28. The summed E-state index contributed by atoms with van der Waals surface area (Å²) in [5, 5.41) is 6.11. The van der Waals surface area contributed by atoms with E-state index < -0.39 is 0 Å². The standard InChI is InChI=1S/C15H20N4O2/c1-18-9-6-13(14(18)20)17-11-4-2-5-12(10-11)19-8-3-7-16-15(19)21/h2,4-5,10,13,17H,3,6-9H2,1H3,(H,16,21)/t13-/m0/s1. The Kier molecular flexibility index (Phi) is 3.68. The Morgan fingerprint density at radius 2 is 2.14 bits per heavy atom. The van der Waals surface area contributed by atoms with E-state index >= 15 is 0 Å². The maximum absolute atomic E-state index is 11.9. The Hall–Kier alpha value is -2.24. The summed E-state index contributed by atoms with van der Waals surface area (Å²) in [4.78, 5) is 27.3. The second-order valence-electron chi connectivity index (χ2n) is 5.53. The monoisotopic (exact) mass is 288 g/mol. The summed E-state index contributed by atoms with van der Waals surface area (Å²) in [5.41, 5.74) is 1.73. The Morgan fingerprint density at radius 3 is 2.86 bits per heavy atom. The molecule has 0 saturated carbocycles. The Labute approximate surface area is 124 Å². The molecule has 0 bridgehead atoms. The molecule has 21 heavy (non-hydrogen) atoms. The van der Waals surface area contributed by atoms with Gasteiger partial charge in [0.25, 0.3) is 0 Å². The van der Waals surface area contributed by atoms with Crippen molar-refractivity contribution >= 4 is 23.3 Å². The number of nitrogens with zero attached hydrogens (tertiary/aromatic N) is 2. The molecule has 3 rings (SSSR count). The largest absolute Gasteiger partial charge is 0.374 e. The Balaban J connectivity index is 1.74. The third-order valence-electron chi connectivity index (χ3n) is 4.01. The maximum atomic E-state index is 11.9. The van der Waals surface area contributed by atoms with Crippen LogP contribution in [-0.4, -0.2) is 49.6 Å². The second kappa shape index (κ2) is 5.63. The minimum atomic E-state index is -0.166. The number of amides is 3. The predicted molar refractivity (Wildman–Crippen MR) is 81.5 cm³/mol. The highest BCUT2D eigenvalue weighted by Crippen LogP contribution is 2.23. The summed E-state index contributed by atoms with van der Waals surface area (Å²) in [6.07, 6.45) is 1.75. The highest BCUT2D eigenvalue weighted by atomic mass is 16.2. The summed E-state index contributed by atoms with van der Waals surface area (Å²) < 4.78 is 0. The minimum absolute atomic E-state index is 0.0601. The lowest BCUT2D eigenvalue weighted by Crippen LogP contribution is -2.46. The molecular formula is C15H20N4O2. The van der Waals surface area contributed by atoms with E-state index in [0.29, 0.717) is 0 Å². The molecule has 6 heteroatoms. The number of hydrogen-bond acceptors (Lipinski definition) is 3. The number of urea groups is 1. The molecule has 2 aliphatic rings. The third kappa shape index (κ3) is 2.79. The molecular weight excluding hydrogens is 268 g/mol. The van der Waals surface area contributed by atoms with Gasteiger partial charge in [0, 0.05) is 38.1 Å². The summed E-state index contributed by atoms with van der Waals surface area (Å²) in [6, 6.07) is 7.45. The number of likely N-dealkylation sites (N-methyl/N-ethyl adjacent to an activating group) is 1. The first-order chi connectivity index (χ1) is 10.1. The van der Waals surface area contributed by atoms with E-state index in [1.54, 1.807) is 9.80 Å². The Morgan fingerprint density at radius 1 is 1.29 bits per heavy atom. The van der Waals surface area contributed by atoms with Crippen molar-refractivity contribution in [3.8, 4) is 0 Å². The smallest absolute Gasteiger partial charge is 0.321 e. The van der Waals surface area contributed by atoms with E-state index in [4.69, 9.17) is 0 Å². The van der Waals surface area contributed by atoms with Crippen LogP contribution >= 0.6 is 0 Å². The molecule has 2 aliphatic heterocycles. The fraction of sp³-hybridized carbons (Fsp3) is 0.467. The van der Waals surface area contributed by atoms with Crippen LogP contribution in [0.4, 0.5) is 16.2 Å². The maximum Gasteiger partial charge on any atom is 0.321 e. The van der Waals surface area contributed by atoms with Crippen molar-refractivity contribution in [1.29, 1.82) is 0 Å². The van der Waals surface area contributed by atoms with Gasteiger partial charge < -0.3 is 15.5 Å². The number of nitrogens with one attached hydrogen (secondary N) is 2. The van der Waals surface area contributed by atoms with Crippen LogP contribution in [0.1, 0.15) is 12.8 Å². The minimum Gasteiger partial charge on any atom is -0.374 e. The molecule has 2 saturated heterocycles. The molecule has 1 atom stereocenters. The normalized spacial score (nSPS) is 22.4. The molecule has 6 nitrogen and oxygen atoms in total. The van der Waals surface area contributed by atoms with Crippen LogP contribution < -0.4 is 15.5 Å². The van der Waals surface area contributed by atoms with Crippen molar-refractivity contribution in [1.82, 2.24) is 10.2 Å². The summed E-state index contributed by atoms with van der Waals surface area (Å²) >= 11 is 0. The summed E-state index contributed by atoms with van der Waals surface area (Å²) in [7, 11) is 1.82. The first-order valence-corrected chi connectivity index (χ1v) is 7.32. The zero-order valence-corrected chi connectivity index (χ0v) is 12.1. The number of carbonyl (C=O) groups is 2. The number of rotatable bonds is 3. The van der Waals surface area contributed by atoms with Gasteiger partial charge in [0.2, 0.25) is 5.91 Å². The van der Waals surface area contributed by atoms with Gasteiger partial charge in [0.15, 0.2) is 0 Å². The van der Waals surface area contributed by atoms with Crippen LogP contribution in [0.5, 0.6) is 0 Å². The highest BCUT2D eigenvalue weighted by Gasteiger charge is 2.29. The third-order valence-corrected chi connectivity index (χ3v) is 4.01. The van der Waals surface area contributed by atoms with E-state index in [0.717, 1.165) is 43.9 Å². The first kappa shape index (κ1) is 13.7. The van der Waals surface area contributed by atoms with Gasteiger partial charge >= 0.3 is 6.03 Å². The van der Waals surface area contributed by atoms with Gasteiger partial charge in [0.05, 0.1) is 0 Å². The topological polar surface area (TPSA) is 64.7 Å². The van der Waals surface area contributed by atoms with Crippen molar-refractivity contribution in [3.05, 3.63) is 24.3 Å². The number of likely N-dealkylation sites (tertiary alicyclic amines) is 1. The Bertz CT molecular complexity index is 560. The second-order valence-corrected chi connectivity index (χ2v) is 5.53. The van der Waals surface area contributed by atoms with E-state index in [1.165, 1.54) is 0 Å². The van der Waals surface area contributed by atoms with Crippen molar-refractivity contribution < 1.29 is 9.59 Å². The summed E-state index contributed by atoms with van der Waals surface area (Å²) in [6.45, 7) is 2.24. The van der Waals surface area contributed by atoms with Gasteiger partial charge in [-0.1, -0.05) is 6.07 Å². The van der Waals surface area contributed by atoms with Crippen molar-refractivity contribution in [2.75, 3.05) is 36.9 Å². The number of hydrogen-bond donors (Lipinski definition) is 2. The van der Waals surface area contributed by atoms with Crippen LogP contribution in [0.2, 0.25) is 0 Å². The molecule has 1 aromatic rings. The molecule has 112 valence electrons. The van der Waals surface area contributed by atoms with Gasteiger partial charge in [-0.05, 0) is 31.0 Å². The molecule has 2 heterocycles. The summed E-state index contributed by atoms with van der Waals surface area (Å²) in [5.74, 6) is 0.121. The molecule has 2 N–H and O–H groups in total. The van der Waals surface area contributed by atoms with E-state index in [9.17, 15) is 9.59 Å². The SMILES string of the molecule is CN1CC[C@H](Nc2cccc(N3CCCNC3=O)c2)C1=O. The van der Waals surface area contributed by atoms with Crippen molar-refractivity contribution in [2.24, 2.45) is 0 Å². The fourth-order valence-electron chi connectivity index (χ4n) is 2.80. The lowest BCUT2D eigenvalue weighted by molar-refractivity contribution is -0.127. The molecule has 1 aromatic carbocycles. The fourth-order valence-corrected chi connectivity index (χ4v) is 2.80. The average molecular weight is 288 g/mol. The van der Waals surface area contributed by atoms with Crippen LogP contribution in [0, 0.1) is 0 Å². The molecule has 0 aromatic heterocycles. The predicted octanol–water partition coefficient (Wildman–Crippen LogP) is 1.25. The van der Waals surface area contributed by atoms with Gasteiger partial charge in [-0.15, -0.1) is 0 Å². The average Bonchev–Trinajstić information content (AvgIpc) is 2.80. The van der Waals surface area contributed by atoms with E-state index in [1.807, 2.05) is 31.3 Å². The molecule has 2 fully saturated rings. The van der Waals surface area contributed by atoms with E-state index in [2.05, 4.69) is 10.6 Å². The van der Waals surface area contributed by atoms with Crippen LogP contribution in [0.25, 0.3) is 0 Å². The van der Waals surface area contributed by atoms with Gasteiger partial charge in [-0.2, -0.15) is 0 Å². The number of benzene rings is 1. The number of carbonyl (C=O) groups excluding carboxylic acids is 2. The molecule has 0 spiro atoms. The number of anilines is 2. The lowest BCUT2D eigenvalue weighted by atomic mass is 10.2. The van der Waals surface area contributed by atoms with Crippen molar-refractivity contribution in [2.45, 2.75) is 18.9 Å². The molecule has 0 radical (unpaired) electrons. The van der Waals surface area contributed by atoms with Crippen LogP contribution in [0.3, 0.4) is 0 Å². The van der Waals surface area contributed by atoms with Gasteiger partial charge in [0.1, 0.15) is 6.04 Å². The molecule has 0 unspecified atom stereocenters. The zero-order chi connectivity index (χ0) is 14.8. The van der Waals surface area contributed by atoms with Gasteiger partial charge in [-0.25, -0.2) is 4.79 Å². The molecule has 0 aliphatic carbocycles. The first-order valence-electron chi connectivity index (χ1n) is 7.32. The van der Waals surface area contributed by atoms with Crippen molar-refractivity contribution in [3.63, 3.8) is 0 Å². The van der Waals surface area contributed by atoms with Crippen LogP contribution in [-0.2, 0) is 4.79 Å². The van der Waals surface area contributed by atoms with E-state index in [-0.39, 0.29) is 18.0 Å². The molecule has 3 amide bonds. The van der Waals surface area contributed by atoms with Gasteiger partial charge in [-0.3, -0.25) is 9.69 Å². The quantitative estimate of drug-likeness (QED) is 0.880. The zero-order valence-electron chi connectivity index (χ0n) is 12.1. The highest BCUT2D eigenvalue weighted by molar-refractivity contribution is 5.93.